The summed E-state index contributed by atoms with van der Waals surface area (Å²) < 4.78 is 9.07. The zero-order valence-electron chi connectivity index (χ0n) is 7.94. The summed E-state index contributed by atoms with van der Waals surface area (Å²) >= 11 is 0. The van der Waals surface area contributed by atoms with E-state index in [2.05, 4.69) is 9.47 Å². The zero-order valence-corrected chi connectivity index (χ0v) is 7.94. The van der Waals surface area contributed by atoms with Gasteiger partial charge in [0.25, 0.3) is 0 Å². The molecule has 1 saturated heterocycles. The molecule has 0 amide bonds. The number of esters is 2. The standard InChI is InChI=1S/C9H8O6/c1-5(2-6(11)3-10)8-9(13)14-4-7(12)15-8/h3H,2,4H2,1H3. The van der Waals surface area contributed by atoms with Crippen molar-refractivity contribution in [1.82, 2.24) is 0 Å². The SMILES string of the molecule is CC(CC(=O)C=O)=C1OC(=O)COC1=O. The van der Waals surface area contributed by atoms with Gasteiger partial charge in [0.05, 0.1) is 0 Å². The molecule has 0 radical (unpaired) electrons. The highest BCUT2D eigenvalue weighted by atomic mass is 16.6. The van der Waals surface area contributed by atoms with E-state index < -0.39 is 24.3 Å². The first-order chi connectivity index (χ1) is 7.04. The van der Waals surface area contributed by atoms with E-state index in [4.69, 9.17) is 0 Å². The summed E-state index contributed by atoms with van der Waals surface area (Å²) in [6.45, 7) is 0.980. The minimum atomic E-state index is -0.800. The van der Waals surface area contributed by atoms with Crippen LogP contribution in [0.15, 0.2) is 11.3 Å². The average molecular weight is 212 g/mol. The Morgan fingerprint density at radius 1 is 1.47 bits per heavy atom. The number of Topliss-reactive ketones (excluding diaryl/α,β-unsaturated/α-hetero) is 1. The summed E-state index contributed by atoms with van der Waals surface area (Å²) in [7, 11) is 0. The molecule has 1 heterocycles. The summed E-state index contributed by atoms with van der Waals surface area (Å²) in [4.78, 5) is 42.7. The molecule has 1 aliphatic heterocycles. The third-order valence-corrected chi connectivity index (χ3v) is 1.68. The van der Waals surface area contributed by atoms with Gasteiger partial charge in [-0.25, -0.2) is 9.59 Å². The largest absolute Gasteiger partial charge is 0.448 e. The van der Waals surface area contributed by atoms with Gasteiger partial charge in [-0.15, -0.1) is 0 Å². The van der Waals surface area contributed by atoms with Crippen LogP contribution in [0.25, 0.3) is 0 Å². The minimum Gasteiger partial charge on any atom is -0.448 e. The van der Waals surface area contributed by atoms with Gasteiger partial charge in [0.2, 0.25) is 5.76 Å². The van der Waals surface area contributed by atoms with Crippen LogP contribution in [-0.4, -0.2) is 30.6 Å². The second kappa shape index (κ2) is 4.50. The summed E-state index contributed by atoms with van der Waals surface area (Å²) in [5, 5.41) is 0. The molecular formula is C9H8O6. The van der Waals surface area contributed by atoms with Gasteiger partial charge >= 0.3 is 11.9 Å². The van der Waals surface area contributed by atoms with Crippen LogP contribution >= 0.6 is 0 Å². The first-order valence-electron chi connectivity index (χ1n) is 4.10. The number of ether oxygens (including phenoxy) is 2. The van der Waals surface area contributed by atoms with Gasteiger partial charge in [-0.1, -0.05) is 0 Å². The molecular weight excluding hydrogens is 204 g/mol. The second-order valence-corrected chi connectivity index (χ2v) is 2.92. The van der Waals surface area contributed by atoms with Crippen molar-refractivity contribution in [2.24, 2.45) is 0 Å². The van der Waals surface area contributed by atoms with E-state index >= 15 is 0 Å². The lowest BCUT2D eigenvalue weighted by molar-refractivity contribution is -0.166. The number of hydrogen-bond donors (Lipinski definition) is 0. The van der Waals surface area contributed by atoms with Crippen LogP contribution in [0.2, 0.25) is 0 Å². The van der Waals surface area contributed by atoms with Crippen molar-refractivity contribution >= 4 is 24.0 Å². The monoisotopic (exact) mass is 212 g/mol. The van der Waals surface area contributed by atoms with Crippen LogP contribution in [0, 0.1) is 0 Å². The molecule has 0 atom stereocenters. The van der Waals surface area contributed by atoms with Crippen molar-refractivity contribution < 1.29 is 28.7 Å². The van der Waals surface area contributed by atoms with Gasteiger partial charge in [0.1, 0.15) is 0 Å². The molecule has 0 N–H and O–H groups in total. The van der Waals surface area contributed by atoms with Crippen LogP contribution in [0.1, 0.15) is 13.3 Å². The predicted molar refractivity (Wildman–Crippen MR) is 45.4 cm³/mol. The maximum absolute atomic E-state index is 11.1. The van der Waals surface area contributed by atoms with Gasteiger partial charge in [0, 0.05) is 6.42 Å². The second-order valence-electron chi connectivity index (χ2n) is 2.92. The lowest BCUT2D eigenvalue weighted by Gasteiger charge is -2.15. The molecule has 15 heavy (non-hydrogen) atoms. The molecule has 0 aromatic carbocycles. The first kappa shape index (κ1) is 11.1. The van der Waals surface area contributed by atoms with Gasteiger partial charge in [-0.2, -0.15) is 0 Å². The van der Waals surface area contributed by atoms with Crippen LogP contribution < -0.4 is 0 Å². The van der Waals surface area contributed by atoms with Crippen molar-refractivity contribution in [1.29, 1.82) is 0 Å². The highest BCUT2D eigenvalue weighted by Gasteiger charge is 2.27. The Balaban J connectivity index is 2.85. The number of rotatable bonds is 3. The van der Waals surface area contributed by atoms with Crippen molar-refractivity contribution in [3.8, 4) is 0 Å². The molecule has 1 fully saturated rings. The number of cyclic esters (lactones) is 2. The molecule has 6 nitrogen and oxygen atoms in total. The van der Waals surface area contributed by atoms with E-state index in [1.165, 1.54) is 6.92 Å². The lowest BCUT2D eigenvalue weighted by atomic mass is 10.1. The highest BCUT2D eigenvalue weighted by molar-refractivity contribution is 6.25. The van der Waals surface area contributed by atoms with Gasteiger partial charge in [-0.3, -0.25) is 9.59 Å². The fraction of sp³-hybridized carbons (Fsp3) is 0.333. The molecule has 0 unspecified atom stereocenters. The Morgan fingerprint density at radius 3 is 2.73 bits per heavy atom. The van der Waals surface area contributed by atoms with Gasteiger partial charge in [-0.05, 0) is 12.5 Å². The molecule has 0 spiro atoms. The highest BCUT2D eigenvalue weighted by Crippen LogP contribution is 2.15. The summed E-state index contributed by atoms with van der Waals surface area (Å²) in [6, 6.07) is 0. The fourth-order valence-electron chi connectivity index (χ4n) is 1.02. The lowest BCUT2D eigenvalue weighted by Crippen LogP contribution is -2.27. The normalized spacial score (nSPS) is 19.0. The Bertz CT molecular complexity index is 365. The fourth-order valence-corrected chi connectivity index (χ4v) is 1.02. The molecule has 0 saturated carbocycles. The molecule has 1 aliphatic rings. The van der Waals surface area contributed by atoms with Gasteiger partial charge in [0.15, 0.2) is 18.7 Å². The van der Waals surface area contributed by atoms with E-state index in [0.717, 1.165) is 0 Å². The third kappa shape index (κ3) is 2.73. The van der Waals surface area contributed by atoms with Crippen molar-refractivity contribution in [3.05, 3.63) is 11.3 Å². The predicted octanol–water partition coefficient (Wildman–Crippen LogP) is -0.482. The number of carbonyl (C=O) groups is 4. The summed E-state index contributed by atoms with van der Waals surface area (Å²) in [5.74, 6) is -2.51. The first-order valence-corrected chi connectivity index (χ1v) is 4.10. The van der Waals surface area contributed by atoms with E-state index in [0.29, 0.717) is 0 Å². The molecule has 6 heteroatoms. The third-order valence-electron chi connectivity index (χ3n) is 1.68. The molecule has 80 valence electrons. The van der Waals surface area contributed by atoms with Crippen LogP contribution in [0.4, 0.5) is 0 Å². The molecule has 0 aliphatic carbocycles. The van der Waals surface area contributed by atoms with Crippen LogP contribution in [0.3, 0.4) is 0 Å². The maximum Gasteiger partial charge on any atom is 0.374 e. The zero-order chi connectivity index (χ0) is 11.4. The smallest absolute Gasteiger partial charge is 0.374 e. The minimum absolute atomic E-state index is 0.139. The molecule has 0 bridgehead atoms. The van der Waals surface area contributed by atoms with Crippen LogP contribution in [0.5, 0.6) is 0 Å². The van der Waals surface area contributed by atoms with E-state index in [1.54, 1.807) is 0 Å². The van der Waals surface area contributed by atoms with Crippen molar-refractivity contribution in [2.75, 3.05) is 6.61 Å². The topological polar surface area (TPSA) is 86.7 Å². The number of aldehydes is 1. The van der Waals surface area contributed by atoms with E-state index in [1.807, 2.05) is 0 Å². The Hall–Kier alpha value is -1.98. The van der Waals surface area contributed by atoms with Crippen molar-refractivity contribution in [2.45, 2.75) is 13.3 Å². The maximum atomic E-state index is 11.1. The van der Waals surface area contributed by atoms with E-state index in [9.17, 15) is 19.2 Å². The molecule has 0 aromatic heterocycles. The van der Waals surface area contributed by atoms with Crippen LogP contribution in [-0.2, 0) is 28.7 Å². The average Bonchev–Trinajstić information content (AvgIpc) is 2.21. The summed E-state index contributed by atoms with van der Waals surface area (Å²) in [6.07, 6.45) is -0.124. The Morgan fingerprint density at radius 2 is 2.13 bits per heavy atom. The number of carbonyl (C=O) groups excluding carboxylic acids is 4. The Labute approximate surface area is 84.8 Å². The van der Waals surface area contributed by atoms with Gasteiger partial charge < -0.3 is 9.47 Å². The quantitative estimate of drug-likeness (QED) is 0.272. The number of allylic oxidation sites excluding steroid dienone is 1. The Kier molecular flexibility index (Phi) is 3.33. The van der Waals surface area contributed by atoms with E-state index in [-0.39, 0.29) is 24.0 Å². The van der Waals surface area contributed by atoms with Crippen molar-refractivity contribution in [3.63, 3.8) is 0 Å². The number of ketones is 1. The molecule has 0 aromatic rings. The summed E-state index contributed by atoms with van der Waals surface area (Å²) in [5.41, 5.74) is 0.199. The number of hydrogen-bond acceptors (Lipinski definition) is 6. The molecule has 1 rings (SSSR count).